The minimum absolute atomic E-state index is 0.0251. The smallest absolute Gasteiger partial charge is 0.342 e. The molecule has 10 heteroatoms. The van der Waals surface area contributed by atoms with Crippen LogP contribution in [0.15, 0.2) is 53.4 Å². The molecule has 0 saturated heterocycles. The maximum Gasteiger partial charge on any atom is 0.342 e. The molecule has 1 atom stereocenters. The molecule has 0 saturated carbocycles. The molecule has 0 radical (unpaired) electrons. The van der Waals surface area contributed by atoms with Crippen molar-refractivity contribution in [3.8, 4) is 5.75 Å². The van der Waals surface area contributed by atoms with E-state index in [2.05, 4.69) is 36.5 Å². The second-order valence-corrected chi connectivity index (χ2v) is 7.42. The number of benzene rings is 1. The van der Waals surface area contributed by atoms with Crippen LogP contribution in [0.25, 0.3) is 0 Å². The molecular weight excluding hydrogens is 440 g/mol. The van der Waals surface area contributed by atoms with E-state index < -0.39 is 12.1 Å². The summed E-state index contributed by atoms with van der Waals surface area (Å²) in [6, 6.07) is 7.69. The van der Waals surface area contributed by atoms with E-state index in [9.17, 15) is 9.59 Å². The number of carbonyl (C=O) groups excluding carboxylic acids is 2. The van der Waals surface area contributed by atoms with E-state index in [0.29, 0.717) is 17.9 Å². The van der Waals surface area contributed by atoms with Gasteiger partial charge in [-0.25, -0.2) is 4.79 Å². The fourth-order valence-electron chi connectivity index (χ4n) is 2.99. The number of amides is 2. The highest BCUT2D eigenvalue weighted by molar-refractivity contribution is 9.10. The van der Waals surface area contributed by atoms with Gasteiger partial charge in [-0.05, 0) is 35.9 Å². The highest BCUT2D eigenvalue weighted by atomic mass is 79.9. The van der Waals surface area contributed by atoms with E-state index in [1.807, 2.05) is 12.1 Å². The highest BCUT2D eigenvalue weighted by Gasteiger charge is 2.31. The molecule has 0 bridgehead atoms. The van der Waals surface area contributed by atoms with Crippen LogP contribution in [0, 0.1) is 0 Å². The SMILES string of the molecule is CN1C(=O)[C@@H](NC(=O)n2cc(Cc3cccnn3)cn2)COc2ccc(Br)cc21. The second kappa shape index (κ2) is 8.00. The Labute approximate surface area is 174 Å². The van der Waals surface area contributed by atoms with Gasteiger partial charge in [-0.2, -0.15) is 20.0 Å². The van der Waals surface area contributed by atoms with E-state index in [1.165, 1.54) is 4.90 Å². The lowest BCUT2D eigenvalue weighted by molar-refractivity contribution is -0.120. The van der Waals surface area contributed by atoms with Gasteiger partial charge in [0.1, 0.15) is 18.4 Å². The fraction of sp³-hybridized carbons (Fsp3) is 0.211. The minimum Gasteiger partial charge on any atom is -0.489 e. The number of carbonyl (C=O) groups is 2. The van der Waals surface area contributed by atoms with Crippen LogP contribution in [0.5, 0.6) is 5.75 Å². The van der Waals surface area contributed by atoms with Gasteiger partial charge in [0.15, 0.2) is 0 Å². The van der Waals surface area contributed by atoms with Gasteiger partial charge in [-0.15, -0.1) is 0 Å². The molecule has 1 aliphatic heterocycles. The molecule has 29 heavy (non-hydrogen) atoms. The number of rotatable bonds is 3. The summed E-state index contributed by atoms with van der Waals surface area (Å²) in [5, 5.41) is 14.6. The average molecular weight is 457 g/mol. The van der Waals surface area contributed by atoms with Gasteiger partial charge in [0, 0.05) is 30.3 Å². The normalized spacial score (nSPS) is 16.0. The number of halogens is 1. The largest absolute Gasteiger partial charge is 0.489 e. The highest BCUT2D eigenvalue weighted by Crippen LogP contribution is 2.33. The lowest BCUT2D eigenvalue weighted by Crippen LogP contribution is -2.50. The molecule has 4 rings (SSSR count). The van der Waals surface area contributed by atoms with Crippen LogP contribution in [0.1, 0.15) is 11.3 Å². The van der Waals surface area contributed by atoms with Crippen LogP contribution in [-0.4, -0.2) is 51.6 Å². The van der Waals surface area contributed by atoms with Crippen LogP contribution in [-0.2, 0) is 11.2 Å². The Morgan fingerprint density at radius 3 is 3.03 bits per heavy atom. The molecule has 0 spiro atoms. The molecule has 1 aromatic carbocycles. The Bertz CT molecular complexity index is 1060. The molecule has 0 fully saturated rings. The molecule has 2 amide bonds. The monoisotopic (exact) mass is 456 g/mol. The molecule has 9 nitrogen and oxygen atoms in total. The first kappa shape index (κ1) is 19.1. The summed E-state index contributed by atoms with van der Waals surface area (Å²) in [6.45, 7) is 0.0251. The molecule has 148 valence electrons. The van der Waals surface area contributed by atoms with Crippen molar-refractivity contribution in [3.05, 3.63) is 64.7 Å². The summed E-state index contributed by atoms with van der Waals surface area (Å²) >= 11 is 3.39. The fourth-order valence-corrected chi connectivity index (χ4v) is 3.34. The number of likely N-dealkylation sites (N-methyl/N-ethyl adjacent to an activating group) is 1. The molecule has 1 aliphatic rings. The van der Waals surface area contributed by atoms with Gasteiger partial charge in [0.2, 0.25) is 0 Å². The van der Waals surface area contributed by atoms with Crippen molar-refractivity contribution < 1.29 is 14.3 Å². The van der Waals surface area contributed by atoms with Crippen molar-refractivity contribution in [2.75, 3.05) is 18.6 Å². The molecule has 0 aliphatic carbocycles. The average Bonchev–Trinajstić information content (AvgIpc) is 3.16. The minimum atomic E-state index is -0.841. The van der Waals surface area contributed by atoms with Gasteiger partial charge in [0.25, 0.3) is 5.91 Å². The zero-order valence-corrected chi connectivity index (χ0v) is 17.0. The number of aromatic nitrogens is 4. The van der Waals surface area contributed by atoms with Crippen LogP contribution in [0.2, 0.25) is 0 Å². The number of nitrogens with one attached hydrogen (secondary N) is 1. The summed E-state index contributed by atoms with van der Waals surface area (Å²) < 4.78 is 7.72. The van der Waals surface area contributed by atoms with Crippen LogP contribution in [0.4, 0.5) is 10.5 Å². The van der Waals surface area contributed by atoms with E-state index in [4.69, 9.17) is 4.74 Å². The van der Waals surface area contributed by atoms with Gasteiger partial charge >= 0.3 is 6.03 Å². The molecule has 3 aromatic rings. The molecule has 2 aromatic heterocycles. The Balaban J connectivity index is 1.45. The van der Waals surface area contributed by atoms with Crippen molar-refractivity contribution in [2.45, 2.75) is 12.5 Å². The van der Waals surface area contributed by atoms with Crippen molar-refractivity contribution in [1.82, 2.24) is 25.3 Å². The first-order chi connectivity index (χ1) is 14.0. The summed E-state index contributed by atoms with van der Waals surface area (Å²) in [6.07, 6.45) is 5.28. The third-order valence-corrected chi connectivity index (χ3v) is 4.96. The number of nitrogens with zero attached hydrogens (tertiary/aromatic N) is 5. The Hall–Kier alpha value is -3.27. The zero-order chi connectivity index (χ0) is 20.4. The standard InChI is InChI=1S/C19H17BrN6O3/c1-25-16-8-13(20)4-5-17(16)29-11-15(18(25)27)23-19(28)26-10-12(9-22-26)7-14-3-2-6-21-24-14/h2-6,8-10,15H,7,11H2,1H3,(H,23,28)/t15-/m0/s1. The zero-order valence-electron chi connectivity index (χ0n) is 15.4. The van der Waals surface area contributed by atoms with E-state index in [1.54, 1.807) is 43.8 Å². The number of hydrogen-bond acceptors (Lipinski definition) is 6. The molecule has 1 N–H and O–H groups in total. The molecular formula is C19H17BrN6O3. The maximum absolute atomic E-state index is 12.8. The van der Waals surface area contributed by atoms with Crippen LogP contribution in [0.3, 0.4) is 0 Å². The lowest BCUT2D eigenvalue weighted by atomic mass is 10.2. The predicted octanol–water partition coefficient (Wildman–Crippen LogP) is 2.01. The first-order valence-electron chi connectivity index (χ1n) is 8.82. The second-order valence-electron chi connectivity index (χ2n) is 6.51. The van der Waals surface area contributed by atoms with E-state index in [-0.39, 0.29) is 12.5 Å². The van der Waals surface area contributed by atoms with Crippen LogP contribution < -0.4 is 15.0 Å². The predicted molar refractivity (Wildman–Crippen MR) is 108 cm³/mol. The Kier molecular flexibility index (Phi) is 5.26. The first-order valence-corrected chi connectivity index (χ1v) is 9.61. The van der Waals surface area contributed by atoms with Crippen LogP contribution >= 0.6 is 15.9 Å². The summed E-state index contributed by atoms with van der Waals surface area (Å²) in [5.74, 6) is 0.299. The third kappa shape index (κ3) is 4.11. The summed E-state index contributed by atoms with van der Waals surface area (Å²) in [4.78, 5) is 26.9. The molecule has 3 heterocycles. The lowest BCUT2D eigenvalue weighted by Gasteiger charge is -2.20. The number of ether oxygens (including phenoxy) is 1. The summed E-state index contributed by atoms with van der Waals surface area (Å²) in [7, 11) is 1.65. The number of fused-ring (bicyclic) bond motifs is 1. The van der Waals surface area contributed by atoms with Crippen molar-refractivity contribution in [2.24, 2.45) is 0 Å². The van der Waals surface area contributed by atoms with Gasteiger partial charge < -0.3 is 15.0 Å². The topological polar surface area (TPSA) is 102 Å². The number of anilines is 1. The van der Waals surface area contributed by atoms with Crippen molar-refractivity contribution in [3.63, 3.8) is 0 Å². The number of hydrogen-bond donors (Lipinski definition) is 1. The quantitative estimate of drug-likeness (QED) is 0.646. The van der Waals surface area contributed by atoms with E-state index >= 15 is 0 Å². The third-order valence-electron chi connectivity index (χ3n) is 4.47. The summed E-state index contributed by atoms with van der Waals surface area (Å²) in [5.41, 5.74) is 2.20. The van der Waals surface area contributed by atoms with Gasteiger partial charge in [-0.3, -0.25) is 4.79 Å². The van der Waals surface area contributed by atoms with E-state index in [0.717, 1.165) is 20.4 Å². The maximum atomic E-state index is 12.8. The molecule has 0 unspecified atom stereocenters. The van der Waals surface area contributed by atoms with Crippen molar-refractivity contribution >= 4 is 33.6 Å². The Morgan fingerprint density at radius 2 is 2.24 bits per heavy atom. The van der Waals surface area contributed by atoms with Gasteiger partial charge in [0.05, 0.1) is 17.6 Å². The van der Waals surface area contributed by atoms with Gasteiger partial charge in [-0.1, -0.05) is 15.9 Å². The Morgan fingerprint density at radius 1 is 1.38 bits per heavy atom. The van der Waals surface area contributed by atoms with Crippen molar-refractivity contribution in [1.29, 1.82) is 0 Å².